The minimum absolute atomic E-state index is 0.111. The Morgan fingerprint density at radius 2 is 2.05 bits per heavy atom. The molecule has 0 spiro atoms. The van der Waals surface area contributed by atoms with E-state index in [2.05, 4.69) is 4.98 Å². The lowest BCUT2D eigenvalue weighted by Gasteiger charge is -2.26. The summed E-state index contributed by atoms with van der Waals surface area (Å²) in [5.74, 6) is 0.134. The minimum atomic E-state index is -1.00. The molecule has 1 atom stereocenters. The maximum Gasteiger partial charge on any atom is 0.356 e. The average Bonchev–Trinajstić information content (AvgIpc) is 2.78. The molecule has 0 aromatic carbocycles. The fourth-order valence-electron chi connectivity index (χ4n) is 3.00. The largest absolute Gasteiger partial charge is 0.476 e. The molecule has 0 radical (unpaired) electrons. The van der Waals surface area contributed by atoms with Crippen molar-refractivity contribution in [2.45, 2.75) is 44.2 Å². The van der Waals surface area contributed by atoms with Crippen LogP contribution in [0.25, 0.3) is 0 Å². The number of aromatic nitrogens is 2. The zero-order chi connectivity index (χ0) is 13.4. The Labute approximate surface area is 111 Å². The molecule has 2 aliphatic rings. The van der Waals surface area contributed by atoms with Gasteiger partial charge < -0.3 is 19.5 Å². The summed E-state index contributed by atoms with van der Waals surface area (Å²) in [4.78, 5) is 15.6. The van der Waals surface area contributed by atoms with Gasteiger partial charge in [0.25, 0.3) is 0 Å². The van der Waals surface area contributed by atoms with Gasteiger partial charge in [0.15, 0.2) is 5.69 Å². The van der Waals surface area contributed by atoms with Gasteiger partial charge in [0.1, 0.15) is 5.82 Å². The summed E-state index contributed by atoms with van der Waals surface area (Å²) in [5, 5.41) is 19.0. The Morgan fingerprint density at radius 3 is 2.74 bits per heavy atom. The van der Waals surface area contributed by atoms with Crippen molar-refractivity contribution in [3.8, 4) is 0 Å². The molecule has 1 aromatic rings. The highest BCUT2D eigenvalue weighted by molar-refractivity contribution is 5.87. The lowest BCUT2D eigenvalue weighted by Crippen LogP contribution is -2.26. The molecule has 6 heteroatoms. The van der Waals surface area contributed by atoms with Gasteiger partial charge in [-0.2, -0.15) is 0 Å². The number of carboxylic acids is 1. The molecule has 104 valence electrons. The standard InChI is InChI=1S/C13H18N2O4/c16-9-1-4-15-10(7-9)11(13(17)18)14-12(15)8-2-5-19-6-3-8/h8-9,16H,1-7H2,(H,17,18). The maximum absolute atomic E-state index is 11.3. The number of imidazole rings is 1. The van der Waals surface area contributed by atoms with Crippen LogP contribution in [0.3, 0.4) is 0 Å². The summed E-state index contributed by atoms with van der Waals surface area (Å²) in [6.07, 6.45) is 2.37. The summed E-state index contributed by atoms with van der Waals surface area (Å²) in [5.41, 5.74) is 0.785. The number of hydrogen-bond acceptors (Lipinski definition) is 4. The molecule has 19 heavy (non-hydrogen) atoms. The average molecular weight is 266 g/mol. The number of fused-ring (bicyclic) bond motifs is 1. The zero-order valence-corrected chi connectivity index (χ0v) is 10.7. The van der Waals surface area contributed by atoms with E-state index in [1.807, 2.05) is 4.57 Å². The molecule has 0 bridgehead atoms. The fraction of sp³-hybridized carbons (Fsp3) is 0.692. The Hall–Kier alpha value is -1.40. The second-order valence-electron chi connectivity index (χ2n) is 5.26. The summed E-state index contributed by atoms with van der Waals surface area (Å²) >= 11 is 0. The first-order valence-corrected chi connectivity index (χ1v) is 6.75. The highest BCUT2D eigenvalue weighted by Crippen LogP contribution is 2.31. The Kier molecular flexibility index (Phi) is 3.28. The molecule has 1 aromatic heterocycles. The van der Waals surface area contributed by atoms with Crippen molar-refractivity contribution in [2.24, 2.45) is 0 Å². The van der Waals surface area contributed by atoms with Crippen molar-refractivity contribution >= 4 is 5.97 Å². The van der Waals surface area contributed by atoms with Gasteiger partial charge in [-0.3, -0.25) is 0 Å². The number of aromatic carboxylic acids is 1. The van der Waals surface area contributed by atoms with Gasteiger partial charge in [0.05, 0.1) is 11.8 Å². The van der Waals surface area contributed by atoms with E-state index in [9.17, 15) is 15.0 Å². The van der Waals surface area contributed by atoms with E-state index >= 15 is 0 Å². The van der Waals surface area contributed by atoms with Gasteiger partial charge in [0, 0.05) is 32.1 Å². The van der Waals surface area contributed by atoms with Gasteiger partial charge in [0.2, 0.25) is 0 Å². The van der Waals surface area contributed by atoms with Crippen LogP contribution < -0.4 is 0 Å². The van der Waals surface area contributed by atoms with Gasteiger partial charge >= 0.3 is 5.97 Å². The first-order chi connectivity index (χ1) is 9.16. The number of carboxylic acid groups (broad SMARTS) is 1. The minimum Gasteiger partial charge on any atom is -0.476 e. The lowest BCUT2D eigenvalue weighted by atomic mass is 9.98. The Morgan fingerprint density at radius 1 is 1.32 bits per heavy atom. The maximum atomic E-state index is 11.3. The van der Waals surface area contributed by atoms with Crippen LogP contribution in [0.4, 0.5) is 0 Å². The Bertz CT molecular complexity index is 491. The smallest absolute Gasteiger partial charge is 0.356 e. The predicted octanol–water partition coefficient (Wildman–Crippen LogP) is 0.782. The normalized spacial score (nSPS) is 24.2. The molecular formula is C13H18N2O4. The molecule has 3 heterocycles. The van der Waals surface area contributed by atoms with E-state index in [-0.39, 0.29) is 11.6 Å². The van der Waals surface area contributed by atoms with Crippen LogP contribution in [0.1, 0.15) is 47.2 Å². The highest BCUT2D eigenvalue weighted by atomic mass is 16.5. The van der Waals surface area contributed by atoms with Gasteiger partial charge in [-0.15, -0.1) is 0 Å². The zero-order valence-electron chi connectivity index (χ0n) is 10.7. The van der Waals surface area contributed by atoms with E-state index < -0.39 is 12.1 Å². The third-order valence-electron chi connectivity index (χ3n) is 4.01. The van der Waals surface area contributed by atoms with Crippen LogP contribution >= 0.6 is 0 Å². The molecule has 2 N–H and O–H groups in total. The topological polar surface area (TPSA) is 84.6 Å². The molecule has 6 nitrogen and oxygen atoms in total. The number of aliphatic hydroxyl groups is 1. The molecule has 3 rings (SSSR count). The number of hydrogen-bond donors (Lipinski definition) is 2. The monoisotopic (exact) mass is 266 g/mol. The van der Waals surface area contributed by atoms with E-state index in [1.54, 1.807) is 0 Å². The van der Waals surface area contributed by atoms with Gasteiger partial charge in [-0.1, -0.05) is 0 Å². The number of rotatable bonds is 2. The van der Waals surface area contributed by atoms with Crippen molar-refractivity contribution in [3.05, 3.63) is 17.2 Å². The van der Waals surface area contributed by atoms with Crippen LogP contribution in [0.15, 0.2) is 0 Å². The van der Waals surface area contributed by atoms with Crippen molar-refractivity contribution in [2.75, 3.05) is 13.2 Å². The van der Waals surface area contributed by atoms with E-state index in [0.717, 1.165) is 18.7 Å². The van der Waals surface area contributed by atoms with Crippen LogP contribution in [-0.2, 0) is 17.7 Å². The first kappa shape index (κ1) is 12.6. The third kappa shape index (κ3) is 2.26. The third-order valence-corrected chi connectivity index (χ3v) is 4.01. The van der Waals surface area contributed by atoms with Crippen LogP contribution in [-0.4, -0.2) is 45.1 Å². The molecule has 1 saturated heterocycles. The summed E-state index contributed by atoms with van der Waals surface area (Å²) in [6.45, 7) is 2.07. The summed E-state index contributed by atoms with van der Waals surface area (Å²) in [6, 6.07) is 0. The Balaban J connectivity index is 2.00. The molecule has 0 amide bonds. The van der Waals surface area contributed by atoms with E-state index in [1.165, 1.54) is 0 Å². The second kappa shape index (κ2) is 4.94. The van der Waals surface area contributed by atoms with Crippen molar-refractivity contribution < 1.29 is 19.7 Å². The molecule has 2 aliphatic heterocycles. The van der Waals surface area contributed by atoms with E-state index in [0.29, 0.717) is 38.3 Å². The summed E-state index contributed by atoms with van der Waals surface area (Å²) < 4.78 is 7.35. The number of ether oxygens (including phenoxy) is 1. The predicted molar refractivity (Wildman–Crippen MR) is 66.3 cm³/mol. The van der Waals surface area contributed by atoms with Crippen LogP contribution in [0.5, 0.6) is 0 Å². The SMILES string of the molecule is O=C(O)c1nc(C2CCOCC2)n2c1CC(O)CC2. The van der Waals surface area contributed by atoms with Crippen molar-refractivity contribution in [1.29, 1.82) is 0 Å². The van der Waals surface area contributed by atoms with Gasteiger partial charge in [-0.25, -0.2) is 9.78 Å². The molecule has 1 unspecified atom stereocenters. The molecule has 0 saturated carbocycles. The number of nitrogens with zero attached hydrogens (tertiary/aromatic N) is 2. The summed E-state index contributed by atoms with van der Waals surface area (Å²) in [7, 11) is 0. The quantitative estimate of drug-likeness (QED) is 0.826. The molecule has 1 fully saturated rings. The fourth-order valence-corrected chi connectivity index (χ4v) is 3.00. The molecular weight excluding hydrogens is 248 g/mol. The van der Waals surface area contributed by atoms with Crippen LogP contribution in [0.2, 0.25) is 0 Å². The first-order valence-electron chi connectivity index (χ1n) is 6.75. The van der Waals surface area contributed by atoms with Crippen molar-refractivity contribution in [1.82, 2.24) is 9.55 Å². The highest BCUT2D eigenvalue weighted by Gasteiger charge is 2.31. The molecule has 0 aliphatic carbocycles. The van der Waals surface area contributed by atoms with Crippen molar-refractivity contribution in [3.63, 3.8) is 0 Å². The lowest BCUT2D eigenvalue weighted by molar-refractivity contribution is 0.0687. The van der Waals surface area contributed by atoms with Crippen LogP contribution in [0, 0.1) is 0 Å². The van der Waals surface area contributed by atoms with E-state index in [4.69, 9.17) is 4.74 Å². The number of aliphatic hydroxyl groups excluding tert-OH is 1. The van der Waals surface area contributed by atoms with Gasteiger partial charge in [-0.05, 0) is 19.3 Å². The number of carbonyl (C=O) groups is 1. The second-order valence-corrected chi connectivity index (χ2v) is 5.26.